The zero-order chi connectivity index (χ0) is 21.7. The van der Waals surface area contributed by atoms with Crippen molar-refractivity contribution >= 4 is 21.4 Å². The molecule has 0 saturated carbocycles. The number of hydrogen-bond acceptors (Lipinski definition) is 4. The van der Waals surface area contributed by atoms with Gasteiger partial charge in [0.15, 0.2) is 0 Å². The fraction of sp³-hybridized carbons (Fsp3) is 0.182. The second-order valence-electron chi connectivity index (χ2n) is 6.83. The molecule has 156 valence electrons. The van der Waals surface area contributed by atoms with Crippen LogP contribution < -0.4 is 4.31 Å². The summed E-state index contributed by atoms with van der Waals surface area (Å²) in [5.74, 6) is 0. The lowest BCUT2D eigenvalue weighted by Gasteiger charge is -2.25. The van der Waals surface area contributed by atoms with Crippen molar-refractivity contribution in [2.24, 2.45) is 0 Å². The van der Waals surface area contributed by atoms with Crippen LogP contribution in [-0.2, 0) is 10.0 Å². The predicted octanol–water partition coefficient (Wildman–Crippen LogP) is 5.20. The second-order valence-corrected chi connectivity index (χ2v) is 8.70. The highest BCUT2D eigenvalue weighted by Crippen LogP contribution is 2.28. The van der Waals surface area contributed by atoms with Gasteiger partial charge in [0.1, 0.15) is 6.17 Å². The van der Waals surface area contributed by atoms with Gasteiger partial charge in [-0.1, -0.05) is 48.0 Å². The van der Waals surface area contributed by atoms with Crippen LogP contribution in [0.15, 0.2) is 83.8 Å². The van der Waals surface area contributed by atoms with Gasteiger partial charge < -0.3 is 0 Å². The minimum Gasteiger partial charge on any atom is -0.266 e. The summed E-state index contributed by atoms with van der Waals surface area (Å²) in [6.07, 6.45) is -1.37. The van der Waals surface area contributed by atoms with Gasteiger partial charge in [-0.2, -0.15) is 0 Å². The fourth-order valence-electron chi connectivity index (χ4n) is 3.11. The van der Waals surface area contributed by atoms with Gasteiger partial charge >= 0.3 is 0 Å². The number of rotatable bonds is 8. The van der Waals surface area contributed by atoms with Crippen LogP contribution in [0.4, 0.5) is 15.8 Å². The lowest BCUT2D eigenvalue weighted by molar-refractivity contribution is -0.384. The van der Waals surface area contributed by atoms with Crippen molar-refractivity contribution in [1.82, 2.24) is 0 Å². The van der Waals surface area contributed by atoms with E-state index in [1.54, 1.807) is 48.5 Å². The maximum absolute atomic E-state index is 14.8. The quantitative estimate of drug-likeness (QED) is 0.365. The number of para-hydroxylation sites is 1. The molecule has 0 N–H and O–H groups in total. The van der Waals surface area contributed by atoms with Gasteiger partial charge in [0.05, 0.1) is 15.5 Å². The van der Waals surface area contributed by atoms with E-state index in [-0.39, 0.29) is 23.5 Å². The molecule has 3 rings (SSSR count). The molecule has 0 aromatic heterocycles. The van der Waals surface area contributed by atoms with Gasteiger partial charge in [0, 0.05) is 25.1 Å². The largest absolute Gasteiger partial charge is 0.269 e. The first-order valence-electron chi connectivity index (χ1n) is 9.32. The van der Waals surface area contributed by atoms with Gasteiger partial charge in [-0.15, -0.1) is 0 Å². The van der Waals surface area contributed by atoms with Crippen molar-refractivity contribution in [3.8, 4) is 0 Å². The van der Waals surface area contributed by atoms with Gasteiger partial charge in [-0.25, -0.2) is 12.8 Å². The number of alkyl halides is 1. The average molecular weight is 428 g/mol. The molecule has 0 heterocycles. The number of nitro benzene ring substituents is 1. The molecule has 6 nitrogen and oxygen atoms in total. The molecule has 0 amide bonds. The van der Waals surface area contributed by atoms with Gasteiger partial charge in [0.25, 0.3) is 15.7 Å². The Kier molecular flexibility index (Phi) is 6.47. The zero-order valence-corrected chi connectivity index (χ0v) is 17.1. The molecular formula is C22H21FN2O4S. The maximum Gasteiger partial charge on any atom is 0.269 e. The number of nitro groups is 1. The molecule has 3 aromatic rings. The van der Waals surface area contributed by atoms with Crippen LogP contribution in [0.2, 0.25) is 0 Å². The summed E-state index contributed by atoms with van der Waals surface area (Å²) in [5.41, 5.74) is 1.61. The van der Waals surface area contributed by atoms with Crippen LogP contribution in [0.1, 0.15) is 23.7 Å². The minimum absolute atomic E-state index is 0.0371. The van der Waals surface area contributed by atoms with Crippen molar-refractivity contribution in [1.29, 1.82) is 0 Å². The van der Waals surface area contributed by atoms with Crippen LogP contribution >= 0.6 is 0 Å². The lowest BCUT2D eigenvalue weighted by atomic mass is 10.1. The SMILES string of the molecule is Cc1cccc(C(F)CCN(c2ccccc2)S(=O)(=O)c2ccc([N+](=O)[O-])cc2)c1. The number of anilines is 1. The molecule has 30 heavy (non-hydrogen) atoms. The molecule has 0 bridgehead atoms. The Morgan fingerprint density at radius 3 is 2.27 bits per heavy atom. The van der Waals surface area contributed by atoms with Gasteiger partial charge in [0.2, 0.25) is 0 Å². The third-order valence-corrected chi connectivity index (χ3v) is 6.51. The topological polar surface area (TPSA) is 80.5 Å². The van der Waals surface area contributed by atoms with Crippen molar-refractivity contribution < 1.29 is 17.7 Å². The van der Waals surface area contributed by atoms with Gasteiger partial charge in [-0.05, 0) is 36.8 Å². The minimum atomic E-state index is -4.04. The van der Waals surface area contributed by atoms with E-state index < -0.39 is 21.1 Å². The summed E-state index contributed by atoms with van der Waals surface area (Å²) >= 11 is 0. The van der Waals surface area contributed by atoms with E-state index in [1.807, 2.05) is 13.0 Å². The maximum atomic E-state index is 14.8. The number of sulfonamides is 1. The van der Waals surface area contributed by atoms with Crippen molar-refractivity contribution in [2.75, 3.05) is 10.8 Å². The molecule has 8 heteroatoms. The number of aryl methyl sites for hydroxylation is 1. The highest BCUT2D eigenvalue weighted by molar-refractivity contribution is 7.92. The number of benzene rings is 3. The summed E-state index contributed by atoms with van der Waals surface area (Å²) in [6, 6.07) is 20.1. The van der Waals surface area contributed by atoms with Crippen LogP contribution in [-0.4, -0.2) is 19.9 Å². The zero-order valence-electron chi connectivity index (χ0n) is 16.3. The van der Waals surface area contributed by atoms with Crippen LogP contribution in [0.3, 0.4) is 0 Å². The molecule has 0 fully saturated rings. The molecule has 0 radical (unpaired) electrons. The number of halogens is 1. The average Bonchev–Trinajstić information content (AvgIpc) is 2.74. The van der Waals surface area contributed by atoms with Crippen LogP contribution in [0, 0.1) is 17.0 Å². The first-order chi connectivity index (χ1) is 14.3. The Balaban J connectivity index is 1.89. The summed E-state index contributed by atoms with van der Waals surface area (Å²) in [6.45, 7) is 1.78. The van der Waals surface area contributed by atoms with E-state index in [0.29, 0.717) is 11.3 Å². The van der Waals surface area contributed by atoms with E-state index in [0.717, 1.165) is 22.0 Å². The van der Waals surface area contributed by atoms with E-state index >= 15 is 0 Å². The number of non-ortho nitro benzene ring substituents is 1. The Morgan fingerprint density at radius 2 is 1.67 bits per heavy atom. The van der Waals surface area contributed by atoms with Crippen molar-refractivity contribution in [2.45, 2.75) is 24.4 Å². The Labute approximate surface area is 174 Å². The highest BCUT2D eigenvalue weighted by atomic mass is 32.2. The van der Waals surface area contributed by atoms with Gasteiger partial charge in [-0.3, -0.25) is 14.4 Å². The van der Waals surface area contributed by atoms with E-state index in [4.69, 9.17) is 0 Å². The fourth-order valence-corrected chi connectivity index (χ4v) is 4.59. The molecule has 0 aliphatic carbocycles. The summed E-state index contributed by atoms with van der Waals surface area (Å²) < 4.78 is 42.5. The third kappa shape index (κ3) is 4.83. The van der Waals surface area contributed by atoms with E-state index in [2.05, 4.69) is 0 Å². The van der Waals surface area contributed by atoms with Crippen LogP contribution in [0.5, 0.6) is 0 Å². The molecule has 0 aliphatic heterocycles. The van der Waals surface area contributed by atoms with E-state index in [1.165, 1.54) is 12.1 Å². The standard InChI is InChI=1S/C22H21FN2O4S/c1-17-6-5-7-18(16-17)22(23)14-15-24(19-8-3-2-4-9-19)30(28,29)21-12-10-20(11-13-21)25(26)27/h2-13,16,22H,14-15H2,1H3. The van der Waals surface area contributed by atoms with Crippen LogP contribution in [0.25, 0.3) is 0 Å². The Hall–Kier alpha value is -3.26. The highest BCUT2D eigenvalue weighted by Gasteiger charge is 2.26. The normalized spacial score (nSPS) is 12.3. The first-order valence-corrected chi connectivity index (χ1v) is 10.8. The molecule has 1 atom stereocenters. The predicted molar refractivity (Wildman–Crippen MR) is 114 cm³/mol. The monoisotopic (exact) mass is 428 g/mol. The Bertz CT molecular complexity index is 1120. The molecule has 0 aliphatic rings. The lowest BCUT2D eigenvalue weighted by Crippen LogP contribution is -2.32. The smallest absolute Gasteiger partial charge is 0.266 e. The molecule has 0 saturated heterocycles. The van der Waals surface area contributed by atoms with Crippen molar-refractivity contribution in [3.05, 3.63) is 100 Å². The first kappa shape index (κ1) is 21.4. The number of nitrogens with zero attached hydrogens (tertiary/aromatic N) is 2. The summed E-state index contributed by atoms with van der Waals surface area (Å²) in [5, 5.41) is 10.9. The van der Waals surface area contributed by atoms with Crippen molar-refractivity contribution in [3.63, 3.8) is 0 Å². The molecular weight excluding hydrogens is 407 g/mol. The molecule has 3 aromatic carbocycles. The van der Waals surface area contributed by atoms with E-state index in [9.17, 15) is 22.9 Å². The molecule has 0 spiro atoms. The summed E-state index contributed by atoms with van der Waals surface area (Å²) in [4.78, 5) is 10.2. The molecule has 1 unspecified atom stereocenters. The summed E-state index contributed by atoms with van der Waals surface area (Å²) in [7, 11) is -4.04. The third-order valence-electron chi connectivity index (χ3n) is 4.67. The number of hydrogen-bond donors (Lipinski definition) is 0. The second kappa shape index (κ2) is 9.04. The Morgan fingerprint density at radius 1 is 1.00 bits per heavy atom.